The molecular formula is C16H20BrNO4. The van der Waals surface area contributed by atoms with Crippen LogP contribution in [0.1, 0.15) is 26.3 Å². The fourth-order valence-corrected chi connectivity index (χ4v) is 2.65. The molecule has 0 aliphatic carbocycles. The van der Waals surface area contributed by atoms with Crippen LogP contribution >= 0.6 is 15.9 Å². The Kier molecular flexibility index (Phi) is 5.01. The third kappa shape index (κ3) is 4.16. The van der Waals surface area contributed by atoms with Crippen molar-refractivity contribution in [1.82, 2.24) is 5.32 Å². The molecule has 1 N–H and O–H groups in total. The molecular weight excluding hydrogens is 350 g/mol. The molecule has 5 nitrogen and oxygen atoms in total. The van der Waals surface area contributed by atoms with Crippen molar-refractivity contribution in [3.05, 3.63) is 28.4 Å². The van der Waals surface area contributed by atoms with Gasteiger partial charge in [0, 0.05) is 23.6 Å². The summed E-state index contributed by atoms with van der Waals surface area (Å²) in [6.07, 6.45) is 0.220. The van der Waals surface area contributed by atoms with Crippen molar-refractivity contribution in [2.45, 2.75) is 32.8 Å². The molecule has 120 valence electrons. The molecule has 1 amide bonds. The number of hydrogen-bond acceptors (Lipinski definition) is 4. The summed E-state index contributed by atoms with van der Waals surface area (Å²) in [6.45, 7) is 5.97. The van der Waals surface area contributed by atoms with Gasteiger partial charge in [0.25, 0.3) is 0 Å². The van der Waals surface area contributed by atoms with Crippen molar-refractivity contribution < 1.29 is 18.7 Å². The van der Waals surface area contributed by atoms with Crippen molar-refractivity contribution in [1.29, 1.82) is 0 Å². The molecule has 2 aromatic rings. The SMILES string of the molecule is COc1ccc2c(CCNC(=O)OC(C)(C)C)c(Br)oc2c1. The Balaban J connectivity index is 2.03. The normalized spacial score (nSPS) is 11.5. The van der Waals surface area contributed by atoms with E-state index < -0.39 is 11.7 Å². The second-order valence-electron chi connectivity index (χ2n) is 5.90. The van der Waals surface area contributed by atoms with E-state index in [1.807, 2.05) is 39.0 Å². The van der Waals surface area contributed by atoms with Crippen LogP contribution in [-0.4, -0.2) is 25.3 Å². The molecule has 0 saturated heterocycles. The summed E-state index contributed by atoms with van der Waals surface area (Å²) in [4.78, 5) is 11.6. The number of ether oxygens (including phenoxy) is 2. The minimum Gasteiger partial charge on any atom is -0.497 e. The number of fused-ring (bicyclic) bond motifs is 1. The Morgan fingerprint density at radius 2 is 2.09 bits per heavy atom. The Morgan fingerprint density at radius 3 is 2.73 bits per heavy atom. The van der Waals surface area contributed by atoms with Crippen LogP contribution in [0.4, 0.5) is 4.79 Å². The highest BCUT2D eigenvalue weighted by molar-refractivity contribution is 9.10. The molecule has 0 spiro atoms. The Bertz CT molecular complexity index is 673. The predicted molar refractivity (Wildman–Crippen MR) is 88.4 cm³/mol. The van der Waals surface area contributed by atoms with Gasteiger partial charge >= 0.3 is 6.09 Å². The number of hydrogen-bond donors (Lipinski definition) is 1. The largest absolute Gasteiger partial charge is 0.497 e. The summed E-state index contributed by atoms with van der Waals surface area (Å²) in [5.74, 6) is 0.743. The van der Waals surface area contributed by atoms with Gasteiger partial charge in [-0.2, -0.15) is 0 Å². The maximum Gasteiger partial charge on any atom is 0.407 e. The molecule has 0 unspecified atom stereocenters. The predicted octanol–water partition coefficient (Wildman–Crippen LogP) is 4.27. The third-order valence-corrected chi connectivity index (χ3v) is 3.63. The van der Waals surface area contributed by atoms with Gasteiger partial charge < -0.3 is 19.2 Å². The smallest absolute Gasteiger partial charge is 0.407 e. The molecule has 0 fully saturated rings. The van der Waals surface area contributed by atoms with Gasteiger partial charge in [-0.25, -0.2) is 4.79 Å². The van der Waals surface area contributed by atoms with Crippen molar-refractivity contribution in [2.24, 2.45) is 0 Å². The zero-order chi connectivity index (χ0) is 16.3. The van der Waals surface area contributed by atoms with Crippen LogP contribution in [0.5, 0.6) is 5.75 Å². The summed E-state index contributed by atoms with van der Waals surface area (Å²) in [6, 6.07) is 5.67. The lowest BCUT2D eigenvalue weighted by molar-refractivity contribution is 0.0528. The number of furan rings is 1. The van der Waals surface area contributed by atoms with Gasteiger partial charge in [-0.15, -0.1) is 0 Å². The quantitative estimate of drug-likeness (QED) is 0.873. The minimum absolute atomic E-state index is 0.418. The van der Waals surface area contributed by atoms with Gasteiger partial charge in [0.2, 0.25) is 0 Å². The Labute approximate surface area is 138 Å². The molecule has 2 rings (SSSR count). The van der Waals surface area contributed by atoms with E-state index in [1.54, 1.807) is 7.11 Å². The summed E-state index contributed by atoms with van der Waals surface area (Å²) >= 11 is 3.42. The first-order valence-corrected chi connectivity index (χ1v) is 7.81. The summed E-state index contributed by atoms with van der Waals surface area (Å²) in [5.41, 5.74) is 1.26. The Hall–Kier alpha value is -1.69. The number of amides is 1. The standard InChI is InChI=1S/C16H20BrNO4/c1-16(2,3)22-15(19)18-8-7-12-11-6-5-10(20-4)9-13(11)21-14(12)17/h5-6,9H,7-8H2,1-4H3,(H,18,19). The molecule has 0 saturated carbocycles. The summed E-state index contributed by atoms with van der Waals surface area (Å²) in [5, 5.41) is 3.74. The molecule has 1 aromatic heterocycles. The second kappa shape index (κ2) is 6.60. The van der Waals surface area contributed by atoms with Gasteiger partial charge in [0.05, 0.1) is 7.11 Å². The number of carbonyl (C=O) groups is 1. The van der Waals surface area contributed by atoms with E-state index in [2.05, 4.69) is 21.2 Å². The number of alkyl carbamates (subject to hydrolysis) is 1. The van der Waals surface area contributed by atoms with E-state index in [-0.39, 0.29) is 0 Å². The van der Waals surface area contributed by atoms with E-state index in [0.717, 1.165) is 22.3 Å². The zero-order valence-corrected chi connectivity index (χ0v) is 14.7. The topological polar surface area (TPSA) is 60.7 Å². The van der Waals surface area contributed by atoms with Crippen LogP contribution in [0.3, 0.4) is 0 Å². The maximum atomic E-state index is 11.6. The lowest BCUT2D eigenvalue weighted by atomic mass is 10.1. The van der Waals surface area contributed by atoms with E-state index in [4.69, 9.17) is 13.9 Å². The molecule has 0 atom stereocenters. The van der Waals surface area contributed by atoms with Crippen LogP contribution in [0.15, 0.2) is 27.3 Å². The van der Waals surface area contributed by atoms with Gasteiger partial charge in [0.15, 0.2) is 4.67 Å². The third-order valence-electron chi connectivity index (χ3n) is 2.99. The van der Waals surface area contributed by atoms with Gasteiger partial charge in [-0.1, -0.05) is 0 Å². The van der Waals surface area contributed by atoms with Gasteiger partial charge in [-0.3, -0.25) is 0 Å². The molecule has 0 aliphatic heterocycles. The fourth-order valence-electron chi connectivity index (χ4n) is 2.06. The first-order chi connectivity index (χ1) is 10.3. The molecule has 6 heteroatoms. The van der Waals surface area contributed by atoms with Crippen LogP contribution in [0.25, 0.3) is 11.0 Å². The van der Waals surface area contributed by atoms with Crippen molar-refractivity contribution in [2.75, 3.05) is 13.7 Å². The highest BCUT2D eigenvalue weighted by atomic mass is 79.9. The Morgan fingerprint density at radius 1 is 1.36 bits per heavy atom. The number of nitrogens with one attached hydrogen (secondary N) is 1. The van der Waals surface area contributed by atoms with Gasteiger partial charge in [0.1, 0.15) is 16.9 Å². The average molecular weight is 370 g/mol. The second-order valence-corrected chi connectivity index (χ2v) is 6.62. The minimum atomic E-state index is -0.496. The average Bonchev–Trinajstić information content (AvgIpc) is 2.72. The highest BCUT2D eigenvalue weighted by Crippen LogP contribution is 2.32. The molecule has 1 aromatic carbocycles. The molecule has 22 heavy (non-hydrogen) atoms. The zero-order valence-electron chi connectivity index (χ0n) is 13.2. The van der Waals surface area contributed by atoms with Crippen molar-refractivity contribution in [3.8, 4) is 5.75 Å². The van der Waals surface area contributed by atoms with Crippen LogP contribution in [0.2, 0.25) is 0 Å². The highest BCUT2D eigenvalue weighted by Gasteiger charge is 2.17. The van der Waals surface area contributed by atoms with Crippen LogP contribution in [-0.2, 0) is 11.2 Å². The maximum absolute atomic E-state index is 11.6. The summed E-state index contributed by atoms with van der Waals surface area (Å²) < 4.78 is 16.7. The van der Waals surface area contributed by atoms with E-state index >= 15 is 0 Å². The van der Waals surface area contributed by atoms with E-state index in [9.17, 15) is 4.79 Å². The summed E-state index contributed by atoms with van der Waals surface area (Å²) in [7, 11) is 1.62. The van der Waals surface area contributed by atoms with E-state index in [1.165, 1.54) is 0 Å². The van der Waals surface area contributed by atoms with Gasteiger partial charge in [-0.05, 0) is 55.3 Å². The van der Waals surface area contributed by atoms with Crippen molar-refractivity contribution in [3.63, 3.8) is 0 Å². The lowest BCUT2D eigenvalue weighted by Crippen LogP contribution is -2.33. The monoisotopic (exact) mass is 369 g/mol. The molecule has 0 aliphatic rings. The van der Waals surface area contributed by atoms with Crippen LogP contribution < -0.4 is 10.1 Å². The number of benzene rings is 1. The molecule has 0 radical (unpaired) electrons. The molecule has 1 heterocycles. The number of methoxy groups -OCH3 is 1. The lowest BCUT2D eigenvalue weighted by Gasteiger charge is -2.19. The number of rotatable bonds is 4. The number of halogens is 1. The number of carbonyl (C=O) groups excluding carboxylic acids is 1. The molecule has 0 bridgehead atoms. The fraction of sp³-hybridized carbons (Fsp3) is 0.438. The van der Waals surface area contributed by atoms with Crippen molar-refractivity contribution >= 4 is 33.0 Å². The van der Waals surface area contributed by atoms with E-state index in [0.29, 0.717) is 17.6 Å². The van der Waals surface area contributed by atoms with Crippen LogP contribution in [0, 0.1) is 0 Å². The first-order valence-electron chi connectivity index (χ1n) is 7.02. The first kappa shape index (κ1) is 16.7.